The monoisotopic (exact) mass is 454 g/mol. The van der Waals surface area contributed by atoms with Gasteiger partial charge in [0.1, 0.15) is 5.82 Å². The van der Waals surface area contributed by atoms with Gasteiger partial charge in [-0.2, -0.15) is 0 Å². The lowest BCUT2D eigenvalue weighted by Crippen LogP contribution is -2.16. The normalized spacial score (nSPS) is 14.8. The second-order valence-corrected chi connectivity index (χ2v) is 9.54. The molecule has 1 fully saturated rings. The SMILES string of the molecule is CCCn1c(C)cc(C(=O)CSc2nnc(-c3ccccc3F)n2C2CCCCC2)c1C. The molecular formula is C25H31FN4OS. The van der Waals surface area contributed by atoms with Crippen LogP contribution in [0.25, 0.3) is 11.4 Å². The number of aromatic nitrogens is 4. The first-order valence-electron chi connectivity index (χ1n) is 11.5. The van der Waals surface area contributed by atoms with E-state index in [0.29, 0.717) is 22.3 Å². The molecule has 4 rings (SSSR count). The summed E-state index contributed by atoms with van der Waals surface area (Å²) in [6.45, 7) is 7.12. The Bertz CT molecular complexity index is 1100. The van der Waals surface area contributed by atoms with Crippen molar-refractivity contribution < 1.29 is 9.18 Å². The first-order valence-corrected chi connectivity index (χ1v) is 12.5. The Morgan fingerprint density at radius 1 is 1.16 bits per heavy atom. The summed E-state index contributed by atoms with van der Waals surface area (Å²) in [5.74, 6) is 0.647. The van der Waals surface area contributed by atoms with Crippen LogP contribution in [0.2, 0.25) is 0 Å². The number of Topliss-reactive ketones (excluding diaryl/α,β-unsaturated/α-hetero) is 1. The summed E-state index contributed by atoms with van der Waals surface area (Å²) in [6.07, 6.45) is 6.60. The van der Waals surface area contributed by atoms with E-state index in [2.05, 4.69) is 26.3 Å². The quantitative estimate of drug-likeness (QED) is 0.292. The molecule has 170 valence electrons. The lowest BCUT2D eigenvalue weighted by Gasteiger charge is -2.25. The Balaban J connectivity index is 1.61. The summed E-state index contributed by atoms with van der Waals surface area (Å²) in [6, 6.07) is 8.94. The van der Waals surface area contributed by atoms with Crippen LogP contribution in [0.5, 0.6) is 0 Å². The number of halogens is 1. The van der Waals surface area contributed by atoms with Crippen LogP contribution in [-0.4, -0.2) is 30.9 Å². The Morgan fingerprint density at radius 3 is 2.62 bits per heavy atom. The van der Waals surface area contributed by atoms with Gasteiger partial charge in [0.15, 0.2) is 16.8 Å². The second kappa shape index (κ2) is 10.0. The molecule has 0 saturated heterocycles. The lowest BCUT2D eigenvalue weighted by molar-refractivity contribution is 0.102. The first kappa shape index (κ1) is 22.8. The molecule has 2 aromatic heterocycles. The van der Waals surface area contributed by atoms with E-state index in [4.69, 9.17) is 0 Å². The maximum Gasteiger partial charge on any atom is 0.192 e. The average molecular weight is 455 g/mol. The van der Waals surface area contributed by atoms with Crippen molar-refractivity contribution >= 4 is 17.5 Å². The predicted molar refractivity (Wildman–Crippen MR) is 127 cm³/mol. The Hall–Kier alpha value is -2.41. The van der Waals surface area contributed by atoms with E-state index >= 15 is 0 Å². The van der Waals surface area contributed by atoms with Gasteiger partial charge < -0.3 is 4.57 Å². The lowest BCUT2D eigenvalue weighted by atomic mass is 9.95. The number of hydrogen-bond acceptors (Lipinski definition) is 4. The van der Waals surface area contributed by atoms with Crippen LogP contribution in [0.4, 0.5) is 4.39 Å². The number of benzene rings is 1. The van der Waals surface area contributed by atoms with Crippen LogP contribution in [0.1, 0.15) is 73.2 Å². The van der Waals surface area contributed by atoms with E-state index in [1.54, 1.807) is 12.1 Å². The topological polar surface area (TPSA) is 52.7 Å². The fourth-order valence-electron chi connectivity index (χ4n) is 4.73. The standard InChI is InChI=1S/C25H31FN4OS/c1-4-14-29-17(2)15-21(18(29)3)23(31)16-32-25-28-27-24(20-12-8-9-13-22(20)26)30(25)19-10-6-5-7-11-19/h8-9,12-13,15,19H,4-7,10-11,14,16H2,1-3H3. The fraction of sp³-hybridized carbons (Fsp3) is 0.480. The van der Waals surface area contributed by atoms with Crippen LogP contribution in [0.15, 0.2) is 35.5 Å². The van der Waals surface area contributed by atoms with Gasteiger partial charge in [0.2, 0.25) is 0 Å². The smallest absolute Gasteiger partial charge is 0.192 e. The average Bonchev–Trinajstić information content (AvgIpc) is 3.35. The van der Waals surface area contributed by atoms with E-state index in [9.17, 15) is 9.18 Å². The van der Waals surface area contributed by atoms with E-state index < -0.39 is 0 Å². The summed E-state index contributed by atoms with van der Waals surface area (Å²) in [5.41, 5.74) is 3.38. The molecule has 2 heterocycles. The minimum atomic E-state index is -0.298. The highest BCUT2D eigenvalue weighted by atomic mass is 32.2. The molecule has 1 aromatic carbocycles. The van der Waals surface area contributed by atoms with E-state index in [1.165, 1.54) is 24.2 Å². The molecule has 1 aliphatic rings. The Kier molecular flexibility index (Phi) is 7.13. The van der Waals surface area contributed by atoms with E-state index in [1.807, 2.05) is 26.0 Å². The summed E-state index contributed by atoms with van der Waals surface area (Å²) in [5, 5.41) is 9.47. The molecule has 0 bridgehead atoms. The van der Waals surface area contributed by atoms with E-state index in [-0.39, 0.29) is 17.6 Å². The van der Waals surface area contributed by atoms with Crippen molar-refractivity contribution in [3.63, 3.8) is 0 Å². The summed E-state index contributed by atoms with van der Waals surface area (Å²) >= 11 is 1.41. The number of thioether (sulfide) groups is 1. The molecule has 0 N–H and O–H groups in total. The Labute approximate surface area is 193 Å². The number of aryl methyl sites for hydroxylation is 1. The molecule has 0 aliphatic heterocycles. The van der Waals surface area contributed by atoms with Crippen molar-refractivity contribution in [3.05, 3.63) is 53.1 Å². The molecular weight excluding hydrogens is 423 g/mol. The molecule has 7 heteroatoms. The first-order chi connectivity index (χ1) is 15.5. The summed E-state index contributed by atoms with van der Waals surface area (Å²) < 4.78 is 18.9. The molecule has 5 nitrogen and oxygen atoms in total. The maximum atomic E-state index is 14.6. The third-order valence-corrected chi connectivity index (χ3v) is 7.32. The van der Waals surface area contributed by atoms with Crippen molar-refractivity contribution in [1.29, 1.82) is 0 Å². The van der Waals surface area contributed by atoms with Crippen molar-refractivity contribution in [1.82, 2.24) is 19.3 Å². The van der Waals surface area contributed by atoms with Gasteiger partial charge in [-0.1, -0.05) is 50.1 Å². The van der Waals surface area contributed by atoms with Gasteiger partial charge in [-0.15, -0.1) is 10.2 Å². The van der Waals surface area contributed by atoms with Gasteiger partial charge >= 0.3 is 0 Å². The van der Waals surface area contributed by atoms with Gasteiger partial charge in [0, 0.05) is 29.5 Å². The number of carbonyl (C=O) groups is 1. The van der Waals surface area contributed by atoms with Crippen molar-refractivity contribution in [2.75, 3.05) is 5.75 Å². The fourth-order valence-corrected chi connectivity index (χ4v) is 5.62. The zero-order valence-corrected chi connectivity index (χ0v) is 19.9. The highest BCUT2D eigenvalue weighted by Gasteiger charge is 2.26. The maximum absolute atomic E-state index is 14.6. The summed E-state index contributed by atoms with van der Waals surface area (Å²) in [7, 11) is 0. The van der Waals surface area contributed by atoms with Gasteiger partial charge in [-0.05, 0) is 51.3 Å². The third kappa shape index (κ3) is 4.53. The highest BCUT2D eigenvalue weighted by molar-refractivity contribution is 7.99. The third-order valence-electron chi connectivity index (χ3n) is 6.37. The zero-order valence-electron chi connectivity index (χ0n) is 19.1. The number of carbonyl (C=O) groups excluding carboxylic acids is 1. The van der Waals surface area contributed by atoms with Gasteiger partial charge in [-0.3, -0.25) is 9.36 Å². The van der Waals surface area contributed by atoms with Crippen molar-refractivity contribution in [3.8, 4) is 11.4 Å². The van der Waals surface area contributed by atoms with Gasteiger partial charge in [0.25, 0.3) is 0 Å². The van der Waals surface area contributed by atoms with Crippen LogP contribution in [0.3, 0.4) is 0 Å². The molecule has 1 saturated carbocycles. The molecule has 0 radical (unpaired) electrons. The molecule has 0 unspecified atom stereocenters. The number of hydrogen-bond donors (Lipinski definition) is 0. The second-order valence-electron chi connectivity index (χ2n) is 8.60. The highest BCUT2D eigenvalue weighted by Crippen LogP contribution is 2.36. The van der Waals surface area contributed by atoms with Crippen molar-refractivity contribution in [2.45, 2.75) is 77.0 Å². The molecule has 3 aromatic rings. The number of nitrogens with zero attached hydrogens (tertiary/aromatic N) is 4. The minimum absolute atomic E-state index is 0.0936. The van der Waals surface area contributed by atoms with Crippen LogP contribution >= 0.6 is 11.8 Å². The minimum Gasteiger partial charge on any atom is -0.348 e. The largest absolute Gasteiger partial charge is 0.348 e. The van der Waals surface area contributed by atoms with Crippen molar-refractivity contribution in [2.24, 2.45) is 0 Å². The van der Waals surface area contributed by atoms with E-state index in [0.717, 1.165) is 55.6 Å². The van der Waals surface area contributed by atoms with Gasteiger partial charge in [-0.25, -0.2) is 4.39 Å². The summed E-state index contributed by atoms with van der Waals surface area (Å²) in [4.78, 5) is 13.1. The predicted octanol–water partition coefficient (Wildman–Crippen LogP) is 6.39. The molecule has 32 heavy (non-hydrogen) atoms. The number of rotatable bonds is 8. The van der Waals surface area contributed by atoms with Crippen LogP contribution in [-0.2, 0) is 6.54 Å². The molecule has 0 amide bonds. The zero-order chi connectivity index (χ0) is 22.7. The van der Waals surface area contributed by atoms with Crippen LogP contribution in [0, 0.1) is 19.7 Å². The molecule has 0 atom stereocenters. The number of ketones is 1. The molecule has 1 aliphatic carbocycles. The molecule has 0 spiro atoms. The van der Waals surface area contributed by atoms with Crippen LogP contribution < -0.4 is 0 Å². The Morgan fingerprint density at radius 2 is 1.91 bits per heavy atom. The van der Waals surface area contributed by atoms with Gasteiger partial charge in [0.05, 0.1) is 11.3 Å².